The Morgan fingerprint density at radius 3 is 2.50 bits per heavy atom. The minimum absolute atomic E-state index is 0.0735. The average molecular weight is 403 g/mol. The van der Waals surface area contributed by atoms with Crippen molar-refractivity contribution < 1.29 is 9.72 Å². The maximum atomic E-state index is 12.7. The van der Waals surface area contributed by atoms with Crippen LogP contribution in [0.1, 0.15) is 24.8 Å². The Bertz CT molecular complexity index is 802. The number of carbonyl (C=O) groups excluding carboxylic acids is 1. The lowest BCUT2D eigenvalue weighted by Gasteiger charge is -2.36. The molecule has 0 saturated carbocycles. The number of nitro benzene ring substituents is 1. The van der Waals surface area contributed by atoms with Crippen molar-refractivity contribution in [3.8, 4) is 0 Å². The molecule has 1 aromatic carbocycles. The molecule has 150 valence electrons. The van der Waals surface area contributed by atoms with Crippen molar-refractivity contribution in [2.24, 2.45) is 5.92 Å². The zero-order valence-corrected chi connectivity index (χ0v) is 17.0. The molecule has 0 bridgehead atoms. The second kappa shape index (κ2) is 9.16. The maximum absolute atomic E-state index is 12.7. The quantitative estimate of drug-likeness (QED) is 0.568. The molecule has 1 aliphatic rings. The van der Waals surface area contributed by atoms with E-state index in [1.54, 1.807) is 29.5 Å². The van der Waals surface area contributed by atoms with Gasteiger partial charge in [-0.2, -0.15) is 0 Å². The predicted octanol–water partition coefficient (Wildman–Crippen LogP) is 3.29. The molecule has 2 aromatic rings. The van der Waals surface area contributed by atoms with E-state index in [2.05, 4.69) is 30.6 Å². The van der Waals surface area contributed by atoms with E-state index in [-0.39, 0.29) is 22.6 Å². The van der Waals surface area contributed by atoms with E-state index >= 15 is 0 Å². The zero-order valence-electron chi connectivity index (χ0n) is 16.2. The summed E-state index contributed by atoms with van der Waals surface area (Å²) in [6.07, 6.45) is 0. The summed E-state index contributed by atoms with van der Waals surface area (Å²) in [5, 5.41) is 16.7. The van der Waals surface area contributed by atoms with Gasteiger partial charge in [-0.15, -0.1) is 11.3 Å². The highest BCUT2D eigenvalue weighted by molar-refractivity contribution is 7.10. The molecule has 1 unspecified atom stereocenters. The Morgan fingerprint density at radius 2 is 1.89 bits per heavy atom. The van der Waals surface area contributed by atoms with E-state index < -0.39 is 0 Å². The Morgan fingerprint density at radius 1 is 1.18 bits per heavy atom. The van der Waals surface area contributed by atoms with Gasteiger partial charge in [0, 0.05) is 43.2 Å². The van der Waals surface area contributed by atoms with Gasteiger partial charge in [-0.05, 0) is 23.4 Å². The standard InChI is InChI=1S/C20H26N4O3S/c1-15(2)20(18-8-5-13-28-18)21-14-19(25)23-11-9-22(10-12-23)16-6-3-4-7-17(16)24(26)27/h3-8,13,15,20-21H,9-12,14H2,1-2H3. The lowest BCUT2D eigenvalue weighted by molar-refractivity contribution is -0.384. The van der Waals surface area contributed by atoms with Crippen LogP contribution in [0.3, 0.4) is 0 Å². The van der Waals surface area contributed by atoms with Crippen molar-refractivity contribution in [2.75, 3.05) is 37.6 Å². The Labute approximate surface area is 169 Å². The second-order valence-electron chi connectivity index (χ2n) is 7.23. The van der Waals surface area contributed by atoms with Gasteiger partial charge < -0.3 is 15.1 Å². The van der Waals surface area contributed by atoms with Crippen LogP contribution in [0.25, 0.3) is 0 Å². The number of hydrogen-bond acceptors (Lipinski definition) is 6. The third kappa shape index (κ3) is 4.69. The van der Waals surface area contributed by atoms with E-state index in [9.17, 15) is 14.9 Å². The number of thiophene rings is 1. The molecule has 0 spiro atoms. The molecular weight excluding hydrogens is 376 g/mol. The second-order valence-corrected chi connectivity index (χ2v) is 8.21. The summed E-state index contributed by atoms with van der Waals surface area (Å²) in [7, 11) is 0. The van der Waals surface area contributed by atoms with Gasteiger partial charge in [-0.25, -0.2) is 0 Å². The highest BCUT2D eigenvalue weighted by atomic mass is 32.1. The SMILES string of the molecule is CC(C)C(NCC(=O)N1CCN(c2ccccc2[N+](=O)[O-])CC1)c1cccs1. The first-order chi connectivity index (χ1) is 13.5. The lowest BCUT2D eigenvalue weighted by atomic mass is 10.0. The molecular formula is C20H26N4O3S. The van der Waals surface area contributed by atoms with Crippen LogP contribution in [0.15, 0.2) is 41.8 Å². The monoisotopic (exact) mass is 402 g/mol. The number of carbonyl (C=O) groups is 1. The number of hydrogen-bond donors (Lipinski definition) is 1. The van der Waals surface area contributed by atoms with Crippen molar-refractivity contribution >= 4 is 28.6 Å². The van der Waals surface area contributed by atoms with Crippen molar-refractivity contribution in [3.05, 3.63) is 56.8 Å². The van der Waals surface area contributed by atoms with Gasteiger partial charge in [-0.3, -0.25) is 14.9 Å². The number of benzene rings is 1. The Kier molecular flexibility index (Phi) is 6.64. The van der Waals surface area contributed by atoms with Crippen molar-refractivity contribution in [3.63, 3.8) is 0 Å². The number of nitrogens with zero attached hydrogens (tertiary/aromatic N) is 3. The third-order valence-corrected chi connectivity index (χ3v) is 6.00. The van der Waals surface area contributed by atoms with E-state index in [4.69, 9.17) is 0 Å². The van der Waals surface area contributed by atoms with E-state index in [0.29, 0.717) is 44.3 Å². The van der Waals surface area contributed by atoms with E-state index in [1.165, 1.54) is 10.9 Å². The fraction of sp³-hybridized carbons (Fsp3) is 0.450. The molecule has 1 atom stereocenters. The summed E-state index contributed by atoms with van der Waals surface area (Å²) >= 11 is 1.70. The Hall–Kier alpha value is -2.45. The van der Waals surface area contributed by atoms with Crippen molar-refractivity contribution in [1.82, 2.24) is 10.2 Å². The van der Waals surface area contributed by atoms with Crippen LogP contribution in [0.4, 0.5) is 11.4 Å². The van der Waals surface area contributed by atoms with Gasteiger partial charge in [0.2, 0.25) is 5.91 Å². The van der Waals surface area contributed by atoms with Crippen molar-refractivity contribution in [2.45, 2.75) is 19.9 Å². The topological polar surface area (TPSA) is 78.7 Å². The molecule has 0 aliphatic carbocycles. The van der Waals surface area contributed by atoms with Crippen LogP contribution in [-0.2, 0) is 4.79 Å². The fourth-order valence-electron chi connectivity index (χ4n) is 3.52. The van der Waals surface area contributed by atoms with Gasteiger partial charge in [0.25, 0.3) is 5.69 Å². The number of anilines is 1. The predicted molar refractivity (Wildman–Crippen MR) is 112 cm³/mol. The smallest absolute Gasteiger partial charge is 0.292 e. The highest BCUT2D eigenvalue weighted by Crippen LogP contribution is 2.28. The van der Waals surface area contributed by atoms with Gasteiger partial charge >= 0.3 is 0 Å². The summed E-state index contributed by atoms with van der Waals surface area (Å²) in [6, 6.07) is 11.1. The fourth-order valence-corrected chi connectivity index (χ4v) is 4.50. The molecule has 3 rings (SSSR count). The van der Waals surface area contributed by atoms with E-state index in [0.717, 1.165) is 0 Å². The molecule has 1 saturated heterocycles. The molecule has 1 amide bonds. The largest absolute Gasteiger partial charge is 0.362 e. The maximum Gasteiger partial charge on any atom is 0.292 e. The lowest BCUT2D eigenvalue weighted by Crippen LogP contribution is -2.51. The Balaban J connectivity index is 1.55. The van der Waals surface area contributed by atoms with Gasteiger partial charge in [-0.1, -0.05) is 32.0 Å². The summed E-state index contributed by atoms with van der Waals surface area (Å²) in [5.74, 6) is 0.464. The van der Waals surface area contributed by atoms with Gasteiger partial charge in [0.05, 0.1) is 11.5 Å². The minimum Gasteiger partial charge on any atom is -0.362 e. The zero-order chi connectivity index (χ0) is 20.1. The number of para-hydroxylation sites is 2. The van der Waals surface area contributed by atoms with Crippen LogP contribution in [-0.4, -0.2) is 48.5 Å². The highest BCUT2D eigenvalue weighted by Gasteiger charge is 2.26. The number of piperazine rings is 1. The third-order valence-electron chi connectivity index (χ3n) is 5.04. The average Bonchev–Trinajstić information content (AvgIpc) is 3.22. The van der Waals surface area contributed by atoms with Crippen LogP contribution >= 0.6 is 11.3 Å². The van der Waals surface area contributed by atoms with Crippen LogP contribution < -0.4 is 10.2 Å². The molecule has 1 fully saturated rings. The number of nitro groups is 1. The molecule has 0 radical (unpaired) electrons. The number of rotatable bonds is 7. The summed E-state index contributed by atoms with van der Waals surface area (Å²) in [5.41, 5.74) is 0.731. The molecule has 1 aromatic heterocycles. The summed E-state index contributed by atoms with van der Waals surface area (Å²) in [6.45, 7) is 6.91. The summed E-state index contributed by atoms with van der Waals surface area (Å²) in [4.78, 5) is 28.6. The molecule has 28 heavy (non-hydrogen) atoms. The molecule has 2 heterocycles. The normalized spacial score (nSPS) is 15.7. The number of nitrogens with one attached hydrogen (secondary N) is 1. The van der Waals surface area contributed by atoms with Gasteiger partial charge in [0.15, 0.2) is 0 Å². The minimum atomic E-state index is -0.354. The molecule has 1 N–H and O–H groups in total. The molecule has 7 nitrogen and oxygen atoms in total. The van der Waals surface area contributed by atoms with Crippen molar-refractivity contribution in [1.29, 1.82) is 0 Å². The van der Waals surface area contributed by atoms with Gasteiger partial charge in [0.1, 0.15) is 5.69 Å². The van der Waals surface area contributed by atoms with E-state index in [1.807, 2.05) is 15.9 Å². The van der Waals surface area contributed by atoms with Crippen LogP contribution in [0, 0.1) is 16.0 Å². The molecule has 1 aliphatic heterocycles. The first kappa shape index (κ1) is 20.3. The first-order valence-electron chi connectivity index (χ1n) is 9.50. The van der Waals surface area contributed by atoms with Crippen LogP contribution in [0.5, 0.6) is 0 Å². The first-order valence-corrected chi connectivity index (χ1v) is 10.4. The number of amides is 1. The summed E-state index contributed by atoms with van der Waals surface area (Å²) < 4.78 is 0. The molecule has 8 heteroatoms. The van der Waals surface area contributed by atoms with Crippen LogP contribution in [0.2, 0.25) is 0 Å².